The fourth-order valence-corrected chi connectivity index (χ4v) is 11.0. The van der Waals surface area contributed by atoms with Crippen molar-refractivity contribution in [3.05, 3.63) is 224 Å². The van der Waals surface area contributed by atoms with E-state index >= 15 is 0 Å². The van der Waals surface area contributed by atoms with E-state index in [2.05, 4.69) is 238 Å². The lowest BCUT2D eigenvalue weighted by atomic mass is 10.0. The van der Waals surface area contributed by atoms with Crippen LogP contribution >= 0.6 is 11.3 Å². The summed E-state index contributed by atoms with van der Waals surface area (Å²) in [6.45, 7) is 0. The second-order valence-electron chi connectivity index (χ2n) is 16.1. The lowest BCUT2D eigenvalue weighted by Crippen LogP contribution is -2.10. The highest BCUT2D eigenvalue weighted by Crippen LogP contribution is 2.46. The number of hydrogen-bond acceptors (Lipinski definition) is 2. The van der Waals surface area contributed by atoms with Gasteiger partial charge in [-0.05, 0) is 119 Å². The van der Waals surface area contributed by atoms with E-state index < -0.39 is 0 Å². The summed E-state index contributed by atoms with van der Waals surface area (Å²) in [4.78, 5) is 2.45. The number of aromatic nitrogens is 2. The van der Waals surface area contributed by atoms with E-state index in [1.165, 1.54) is 91.4 Å². The van der Waals surface area contributed by atoms with Crippen LogP contribution in [0.4, 0.5) is 17.1 Å². The molecule has 0 amide bonds. The topological polar surface area (TPSA) is 13.1 Å². The molecule has 0 saturated carbocycles. The predicted octanol–water partition coefficient (Wildman–Crippen LogP) is 16.5. The molecule has 3 heterocycles. The Hall–Kier alpha value is -7.92. The van der Waals surface area contributed by atoms with E-state index in [-0.39, 0.29) is 0 Å². The van der Waals surface area contributed by atoms with E-state index in [0.29, 0.717) is 0 Å². The Morgan fingerprint density at radius 2 is 0.855 bits per heavy atom. The molecule has 0 fully saturated rings. The summed E-state index contributed by atoms with van der Waals surface area (Å²) in [6, 6.07) is 82.2. The van der Waals surface area contributed by atoms with Crippen LogP contribution in [0.15, 0.2) is 224 Å². The van der Waals surface area contributed by atoms with Crippen LogP contribution in [0.1, 0.15) is 0 Å². The van der Waals surface area contributed by atoms with Gasteiger partial charge in [-0.3, -0.25) is 0 Å². The Kier molecular flexibility index (Phi) is 7.78. The molecule has 10 aromatic carbocycles. The molecule has 13 aromatic rings. The highest BCUT2D eigenvalue weighted by molar-refractivity contribution is 7.26. The summed E-state index contributed by atoms with van der Waals surface area (Å²) >= 11 is 1.86. The first-order valence-electron chi connectivity index (χ1n) is 21.2. The number of anilines is 3. The molecule has 0 atom stereocenters. The third-order valence-electron chi connectivity index (χ3n) is 12.7. The lowest BCUT2D eigenvalue weighted by molar-refractivity contribution is 1.18. The molecule has 0 bridgehead atoms. The highest BCUT2D eigenvalue weighted by atomic mass is 32.1. The van der Waals surface area contributed by atoms with Gasteiger partial charge < -0.3 is 14.0 Å². The first-order chi connectivity index (χ1) is 30.7. The predicted molar refractivity (Wildman–Crippen MR) is 266 cm³/mol. The zero-order valence-electron chi connectivity index (χ0n) is 33.6. The van der Waals surface area contributed by atoms with Crippen LogP contribution < -0.4 is 4.90 Å². The number of rotatable bonds is 6. The maximum absolute atomic E-state index is 2.45. The van der Waals surface area contributed by atoms with Crippen molar-refractivity contribution in [3.63, 3.8) is 0 Å². The number of nitrogens with zero attached hydrogens (tertiary/aromatic N) is 3. The lowest BCUT2D eigenvalue weighted by Gasteiger charge is -2.27. The molecule has 290 valence electrons. The fourth-order valence-electron chi connectivity index (χ4n) is 9.86. The van der Waals surface area contributed by atoms with Gasteiger partial charge in [-0.1, -0.05) is 127 Å². The molecule has 0 saturated heterocycles. The summed E-state index contributed by atoms with van der Waals surface area (Å²) in [5.41, 5.74) is 12.9. The van der Waals surface area contributed by atoms with Crippen molar-refractivity contribution in [1.82, 2.24) is 9.13 Å². The highest BCUT2D eigenvalue weighted by Gasteiger charge is 2.21. The van der Waals surface area contributed by atoms with Gasteiger partial charge in [-0.2, -0.15) is 0 Å². The van der Waals surface area contributed by atoms with Crippen LogP contribution in [0.3, 0.4) is 0 Å². The minimum absolute atomic E-state index is 1.11. The monoisotopic (exact) mass is 807 g/mol. The van der Waals surface area contributed by atoms with Crippen LogP contribution in [0.25, 0.3) is 97.1 Å². The number of para-hydroxylation sites is 3. The quantitative estimate of drug-likeness (QED) is 0.163. The minimum atomic E-state index is 1.11. The van der Waals surface area contributed by atoms with Gasteiger partial charge in [-0.15, -0.1) is 11.3 Å². The van der Waals surface area contributed by atoms with Crippen molar-refractivity contribution >= 4 is 103 Å². The van der Waals surface area contributed by atoms with Crippen LogP contribution in [0.5, 0.6) is 0 Å². The zero-order chi connectivity index (χ0) is 40.7. The number of hydrogen-bond donors (Lipinski definition) is 0. The third kappa shape index (κ3) is 5.37. The van der Waals surface area contributed by atoms with Crippen molar-refractivity contribution in [2.24, 2.45) is 0 Å². The smallest absolute Gasteiger partial charge is 0.0554 e. The summed E-state index contributed by atoms with van der Waals surface area (Å²) in [7, 11) is 0. The normalized spacial score (nSPS) is 11.9. The molecule has 0 aliphatic heterocycles. The molecule has 0 aliphatic rings. The largest absolute Gasteiger partial charge is 0.310 e. The van der Waals surface area contributed by atoms with Gasteiger partial charge in [0.25, 0.3) is 0 Å². The summed E-state index contributed by atoms with van der Waals surface area (Å²) < 4.78 is 7.37. The minimum Gasteiger partial charge on any atom is -0.310 e. The third-order valence-corrected chi connectivity index (χ3v) is 13.8. The molecule has 0 spiro atoms. The first kappa shape index (κ1) is 34.9. The van der Waals surface area contributed by atoms with Crippen LogP contribution in [-0.4, -0.2) is 9.13 Å². The summed E-state index contributed by atoms with van der Waals surface area (Å²) in [5, 5.41) is 10.1. The summed E-state index contributed by atoms with van der Waals surface area (Å²) in [6.07, 6.45) is 0. The molecular formula is C58H37N3S. The van der Waals surface area contributed by atoms with Crippen molar-refractivity contribution in [2.45, 2.75) is 0 Å². The molecule has 0 N–H and O–H groups in total. The van der Waals surface area contributed by atoms with Crippen LogP contribution in [0.2, 0.25) is 0 Å². The Bertz CT molecular complexity index is 3850. The second kappa shape index (κ2) is 13.8. The zero-order valence-corrected chi connectivity index (χ0v) is 34.4. The Morgan fingerprint density at radius 1 is 0.323 bits per heavy atom. The standard InChI is InChI=1S/C58H37N3S/c1-2-15-42(16-3-1)60-51-20-9-7-18-47(51)50-37-45(33-34-53(50)60)59(54-22-12-24-57-58(54)48-19-8-11-23-56(48)62-57)43-29-25-38(26-30-43)39-27-31-44(32-28-39)61-52-21-10-6-17-46(52)49-35-40-13-4-5-14-41(40)36-55(49)61/h1-37H. The van der Waals surface area contributed by atoms with E-state index in [1.54, 1.807) is 0 Å². The second-order valence-corrected chi connectivity index (χ2v) is 17.2. The van der Waals surface area contributed by atoms with Crippen molar-refractivity contribution in [3.8, 4) is 22.5 Å². The van der Waals surface area contributed by atoms with Crippen LogP contribution in [0, 0.1) is 0 Å². The van der Waals surface area contributed by atoms with Crippen LogP contribution in [-0.2, 0) is 0 Å². The maximum atomic E-state index is 2.45. The summed E-state index contributed by atoms with van der Waals surface area (Å²) in [5.74, 6) is 0. The van der Waals surface area contributed by atoms with Crippen molar-refractivity contribution in [2.75, 3.05) is 4.90 Å². The molecule has 0 unspecified atom stereocenters. The Morgan fingerprint density at radius 3 is 1.60 bits per heavy atom. The average Bonchev–Trinajstić information content (AvgIpc) is 3.99. The van der Waals surface area contributed by atoms with Gasteiger partial charge in [0, 0.05) is 64.5 Å². The molecule has 13 rings (SSSR count). The van der Waals surface area contributed by atoms with Gasteiger partial charge in [0.1, 0.15) is 0 Å². The van der Waals surface area contributed by atoms with E-state index in [9.17, 15) is 0 Å². The molecule has 0 radical (unpaired) electrons. The van der Waals surface area contributed by atoms with Gasteiger partial charge >= 0.3 is 0 Å². The van der Waals surface area contributed by atoms with Gasteiger partial charge in [-0.25, -0.2) is 0 Å². The molecule has 62 heavy (non-hydrogen) atoms. The van der Waals surface area contributed by atoms with Gasteiger partial charge in [0.15, 0.2) is 0 Å². The molecule has 0 aliphatic carbocycles. The SMILES string of the molecule is c1ccc(-n2c3ccccc3c3cc(N(c4ccc(-c5ccc(-n6c7ccccc7c7cc8ccccc8cc76)cc5)cc4)c4cccc5sc6ccccc6c45)ccc32)cc1. The Labute approximate surface area is 362 Å². The average molecular weight is 808 g/mol. The maximum Gasteiger partial charge on any atom is 0.0554 e. The van der Waals surface area contributed by atoms with Gasteiger partial charge in [0.2, 0.25) is 0 Å². The fraction of sp³-hybridized carbons (Fsp3) is 0. The molecule has 3 nitrogen and oxygen atoms in total. The van der Waals surface area contributed by atoms with Gasteiger partial charge in [0.05, 0.1) is 27.8 Å². The number of fused-ring (bicyclic) bond motifs is 10. The van der Waals surface area contributed by atoms with E-state index in [1.807, 2.05) is 11.3 Å². The number of benzene rings is 10. The van der Waals surface area contributed by atoms with E-state index in [0.717, 1.165) is 22.7 Å². The number of thiophene rings is 1. The van der Waals surface area contributed by atoms with Crippen molar-refractivity contribution < 1.29 is 0 Å². The first-order valence-corrected chi connectivity index (χ1v) is 22.0. The molecule has 4 heteroatoms. The molecular weight excluding hydrogens is 771 g/mol. The Balaban J connectivity index is 0.942. The molecule has 3 aromatic heterocycles. The van der Waals surface area contributed by atoms with E-state index in [4.69, 9.17) is 0 Å². The van der Waals surface area contributed by atoms with Crippen molar-refractivity contribution in [1.29, 1.82) is 0 Å².